The summed E-state index contributed by atoms with van der Waals surface area (Å²) in [6, 6.07) is 14.2. The molecule has 1 unspecified atom stereocenters. The predicted molar refractivity (Wildman–Crippen MR) is 109 cm³/mol. The molecule has 2 aliphatic heterocycles. The van der Waals surface area contributed by atoms with E-state index in [4.69, 9.17) is 4.42 Å². The Morgan fingerprint density at radius 2 is 1.69 bits per heavy atom. The second kappa shape index (κ2) is 5.80. The fourth-order valence-corrected chi connectivity index (χ4v) is 4.66. The number of carbonyl (C=O) groups is 2. The summed E-state index contributed by atoms with van der Waals surface area (Å²) in [5.74, 6) is -0.669. The molecule has 1 atom stereocenters. The number of benzene rings is 2. The van der Waals surface area contributed by atoms with Crippen LogP contribution in [0.25, 0.3) is 11.0 Å². The molecule has 2 aliphatic rings. The van der Waals surface area contributed by atoms with Crippen molar-refractivity contribution in [3.8, 4) is 0 Å². The zero-order valence-corrected chi connectivity index (χ0v) is 16.4. The van der Waals surface area contributed by atoms with E-state index in [1.807, 2.05) is 38.1 Å². The molecule has 3 aromatic rings. The SMILES string of the molecule is CC(C)CN1C(=O)c2oc3ccccc3c(=O)c2C12C(=O)N(C)c1ccccc12. The number of para-hydroxylation sites is 2. The second-order valence-corrected chi connectivity index (χ2v) is 8.03. The standard InChI is InChI=1S/C23H20N2O4/c1-13(2)12-25-21(27)20-18(19(26)14-8-4-7-11-17(14)29-20)23(25)15-9-5-6-10-16(15)24(3)22(23)28/h4-11,13H,12H2,1-3H3. The average Bonchev–Trinajstić information content (AvgIpc) is 3.08. The van der Waals surface area contributed by atoms with Crippen LogP contribution in [-0.4, -0.2) is 30.3 Å². The Morgan fingerprint density at radius 1 is 1.00 bits per heavy atom. The molecule has 29 heavy (non-hydrogen) atoms. The maximum absolute atomic E-state index is 13.7. The Labute approximate surface area is 167 Å². The summed E-state index contributed by atoms with van der Waals surface area (Å²) in [5.41, 5.74) is -0.0174. The summed E-state index contributed by atoms with van der Waals surface area (Å²) in [6.07, 6.45) is 0. The van der Waals surface area contributed by atoms with Gasteiger partial charge in [0.25, 0.3) is 11.8 Å². The van der Waals surface area contributed by atoms with Crippen LogP contribution < -0.4 is 10.3 Å². The van der Waals surface area contributed by atoms with Crippen molar-refractivity contribution in [3.05, 3.63) is 75.6 Å². The first-order chi connectivity index (χ1) is 13.9. The number of nitrogens with zero attached hydrogens (tertiary/aromatic N) is 2. The van der Waals surface area contributed by atoms with Crippen molar-refractivity contribution >= 4 is 28.5 Å². The fourth-order valence-electron chi connectivity index (χ4n) is 4.66. The van der Waals surface area contributed by atoms with Crippen molar-refractivity contribution in [2.75, 3.05) is 18.5 Å². The monoisotopic (exact) mass is 388 g/mol. The van der Waals surface area contributed by atoms with Gasteiger partial charge in [-0.3, -0.25) is 14.4 Å². The van der Waals surface area contributed by atoms with Gasteiger partial charge in [0.2, 0.25) is 5.76 Å². The molecule has 146 valence electrons. The van der Waals surface area contributed by atoms with Crippen molar-refractivity contribution in [1.82, 2.24) is 4.90 Å². The minimum absolute atomic E-state index is 0.0344. The van der Waals surface area contributed by atoms with E-state index in [1.54, 1.807) is 31.3 Å². The van der Waals surface area contributed by atoms with Crippen LogP contribution in [0.5, 0.6) is 0 Å². The highest BCUT2D eigenvalue weighted by Crippen LogP contribution is 2.52. The highest BCUT2D eigenvalue weighted by atomic mass is 16.3. The maximum atomic E-state index is 13.7. The summed E-state index contributed by atoms with van der Waals surface area (Å²) >= 11 is 0. The lowest BCUT2D eigenvalue weighted by molar-refractivity contribution is -0.126. The van der Waals surface area contributed by atoms with Crippen LogP contribution in [0.1, 0.15) is 35.5 Å². The van der Waals surface area contributed by atoms with E-state index < -0.39 is 11.4 Å². The van der Waals surface area contributed by atoms with Crippen LogP contribution in [0, 0.1) is 5.92 Å². The normalized spacial score (nSPS) is 20.3. The molecular formula is C23H20N2O4. The number of amides is 2. The molecule has 1 spiro atoms. The molecule has 2 amide bonds. The topological polar surface area (TPSA) is 70.8 Å². The third-order valence-electron chi connectivity index (χ3n) is 5.82. The molecule has 6 heteroatoms. The largest absolute Gasteiger partial charge is 0.450 e. The van der Waals surface area contributed by atoms with Gasteiger partial charge < -0.3 is 14.2 Å². The fraction of sp³-hybridized carbons (Fsp3) is 0.261. The molecule has 2 aromatic carbocycles. The number of carbonyl (C=O) groups excluding carboxylic acids is 2. The summed E-state index contributed by atoms with van der Waals surface area (Å²) in [4.78, 5) is 43.9. The molecule has 0 radical (unpaired) electrons. The molecule has 1 aromatic heterocycles. The van der Waals surface area contributed by atoms with E-state index in [9.17, 15) is 14.4 Å². The number of hydrogen-bond acceptors (Lipinski definition) is 4. The van der Waals surface area contributed by atoms with Gasteiger partial charge in [-0.25, -0.2) is 0 Å². The van der Waals surface area contributed by atoms with Crippen molar-refractivity contribution in [2.45, 2.75) is 19.4 Å². The van der Waals surface area contributed by atoms with E-state index in [1.165, 1.54) is 9.80 Å². The van der Waals surface area contributed by atoms with Gasteiger partial charge in [-0.15, -0.1) is 0 Å². The van der Waals surface area contributed by atoms with Crippen LogP contribution in [0.4, 0.5) is 5.69 Å². The van der Waals surface area contributed by atoms with E-state index in [2.05, 4.69) is 0 Å². The number of hydrogen-bond donors (Lipinski definition) is 0. The molecule has 0 saturated carbocycles. The molecule has 6 nitrogen and oxygen atoms in total. The lowest BCUT2D eigenvalue weighted by atomic mass is 9.83. The maximum Gasteiger partial charge on any atom is 0.291 e. The van der Waals surface area contributed by atoms with Crippen molar-refractivity contribution in [2.24, 2.45) is 5.92 Å². The van der Waals surface area contributed by atoms with Gasteiger partial charge in [0.05, 0.1) is 10.9 Å². The lowest BCUT2D eigenvalue weighted by Gasteiger charge is -2.35. The van der Waals surface area contributed by atoms with Crippen molar-refractivity contribution in [3.63, 3.8) is 0 Å². The average molecular weight is 388 g/mol. The third kappa shape index (κ3) is 2.03. The van der Waals surface area contributed by atoms with Crippen LogP contribution in [0.3, 0.4) is 0 Å². The Hall–Kier alpha value is -3.41. The summed E-state index contributed by atoms with van der Waals surface area (Å²) in [6.45, 7) is 4.28. The summed E-state index contributed by atoms with van der Waals surface area (Å²) in [7, 11) is 1.68. The first-order valence-corrected chi connectivity index (χ1v) is 9.65. The molecule has 0 aliphatic carbocycles. The first-order valence-electron chi connectivity index (χ1n) is 9.65. The molecule has 3 heterocycles. The van der Waals surface area contributed by atoms with Gasteiger partial charge in [-0.2, -0.15) is 0 Å². The molecule has 5 rings (SSSR count). The zero-order valence-electron chi connectivity index (χ0n) is 16.4. The van der Waals surface area contributed by atoms with Gasteiger partial charge in [-0.05, 0) is 24.1 Å². The Morgan fingerprint density at radius 3 is 2.45 bits per heavy atom. The predicted octanol–water partition coefficient (Wildman–Crippen LogP) is 3.12. The van der Waals surface area contributed by atoms with Crippen LogP contribution in [0.2, 0.25) is 0 Å². The molecule has 0 N–H and O–H groups in total. The van der Waals surface area contributed by atoms with Gasteiger partial charge in [0.1, 0.15) is 5.58 Å². The smallest absolute Gasteiger partial charge is 0.291 e. The van der Waals surface area contributed by atoms with Gasteiger partial charge in [-0.1, -0.05) is 44.2 Å². The number of fused-ring (bicyclic) bond motifs is 5. The quantitative estimate of drug-likeness (QED) is 0.676. The van der Waals surface area contributed by atoms with Gasteiger partial charge in [0, 0.05) is 24.8 Å². The summed E-state index contributed by atoms with van der Waals surface area (Å²) in [5, 5.41) is 0.365. The van der Waals surface area contributed by atoms with Crippen LogP contribution in [-0.2, 0) is 10.3 Å². The number of anilines is 1. The highest BCUT2D eigenvalue weighted by molar-refractivity contribution is 6.16. The molecule has 0 bridgehead atoms. The first kappa shape index (κ1) is 17.7. The van der Waals surface area contributed by atoms with Crippen molar-refractivity contribution < 1.29 is 14.0 Å². The summed E-state index contributed by atoms with van der Waals surface area (Å²) < 4.78 is 5.93. The number of likely N-dealkylation sites (N-methyl/N-ethyl adjacent to an activating group) is 1. The number of rotatable bonds is 2. The van der Waals surface area contributed by atoms with Crippen LogP contribution in [0.15, 0.2) is 57.7 Å². The van der Waals surface area contributed by atoms with Gasteiger partial charge in [0.15, 0.2) is 11.0 Å². The Balaban J connectivity index is 1.95. The second-order valence-electron chi connectivity index (χ2n) is 8.03. The van der Waals surface area contributed by atoms with E-state index >= 15 is 0 Å². The minimum Gasteiger partial charge on any atom is -0.450 e. The van der Waals surface area contributed by atoms with Gasteiger partial charge >= 0.3 is 0 Å². The van der Waals surface area contributed by atoms with Crippen molar-refractivity contribution in [1.29, 1.82) is 0 Å². The Kier molecular flexibility index (Phi) is 3.53. The highest BCUT2D eigenvalue weighted by Gasteiger charge is 2.64. The third-order valence-corrected chi connectivity index (χ3v) is 5.82. The zero-order chi connectivity index (χ0) is 20.5. The lowest BCUT2D eigenvalue weighted by Crippen LogP contribution is -2.53. The molecule has 0 fully saturated rings. The minimum atomic E-state index is -1.49. The molecular weight excluding hydrogens is 368 g/mol. The Bertz CT molecular complexity index is 1260. The van der Waals surface area contributed by atoms with E-state index in [0.717, 1.165) is 0 Å². The van der Waals surface area contributed by atoms with Crippen LogP contribution >= 0.6 is 0 Å². The van der Waals surface area contributed by atoms with E-state index in [-0.39, 0.29) is 28.6 Å². The van der Waals surface area contributed by atoms with E-state index in [0.29, 0.717) is 28.8 Å². The molecule has 0 saturated heterocycles.